The van der Waals surface area contributed by atoms with Gasteiger partial charge in [0, 0.05) is 12.5 Å². The molecule has 0 aliphatic carbocycles. The van der Waals surface area contributed by atoms with Crippen molar-refractivity contribution in [1.82, 2.24) is 19.9 Å². The number of allylic oxidation sites excluding steroid dienone is 1. The Kier molecular flexibility index (Phi) is 4.06. The summed E-state index contributed by atoms with van der Waals surface area (Å²) < 4.78 is 20.9. The molecule has 8 nitrogen and oxygen atoms in total. The fourth-order valence-corrected chi connectivity index (χ4v) is 3.10. The molecule has 3 atom stereocenters. The Morgan fingerprint density at radius 3 is 3.00 bits per heavy atom. The number of aromatic nitrogens is 3. The van der Waals surface area contributed by atoms with Gasteiger partial charge in [0.1, 0.15) is 30.1 Å². The second-order valence-corrected chi connectivity index (χ2v) is 6.60. The quantitative estimate of drug-likeness (QED) is 0.754. The summed E-state index contributed by atoms with van der Waals surface area (Å²) in [5, 5.41) is 6.10. The van der Waals surface area contributed by atoms with E-state index in [1.54, 1.807) is 12.1 Å². The minimum atomic E-state index is -0.339. The SMILES string of the molecule is C[C@@H]1Nc2ccc3ncn(c3n2)C(=O)N[C@@H](C)COC2=NC=C(F)CC21. The number of hydrogen-bond acceptors (Lipinski definition) is 6. The Balaban J connectivity index is 1.75. The van der Waals surface area contributed by atoms with Crippen LogP contribution < -0.4 is 10.6 Å². The van der Waals surface area contributed by atoms with Crippen LogP contribution in [0.25, 0.3) is 11.2 Å². The number of ether oxygens (including phenoxy) is 1. The first kappa shape index (κ1) is 16.5. The van der Waals surface area contributed by atoms with E-state index in [0.717, 1.165) is 0 Å². The third-order valence-corrected chi connectivity index (χ3v) is 4.51. The minimum absolute atomic E-state index is 0.172. The van der Waals surface area contributed by atoms with Gasteiger partial charge in [-0.1, -0.05) is 0 Å². The smallest absolute Gasteiger partial charge is 0.328 e. The van der Waals surface area contributed by atoms with Crippen molar-refractivity contribution < 1.29 is 13.9 Å². The fraction of sp³-hybridized carbons (Fsp3) is 0.412. The van der Waals surface area contributed by atoms with Crippen LogP contribution in [0, 0.1) is 5.92 Å². The number of fused-ring (bicyclic) bond motifs is 2. The molecule has 136 valence electrons. The maximum atomic E-state index is 13.8. The molecule has 4 heterocycles. The Morgan fingerprint density at radius 2 is 2.15 bits per heavy atom. The van der Waals surface area contributed by atoms with Gasteiger partial charge in [-0.25, -0.2) is 28.7 Å². The topological polar surface area (TPSA) is 93.4 Å². The predicted molar refractivity (Wildman–Crippen MR) is 94.7 cm³/mol. The van der Waals surface area contributed by atoms with Crippen molar-refractivity contribution in [3.8, 4) is 0 Å². The van der Waals surface area contributed by atoms with Gasteiger partial charge in [-0.2, -0.15) is 0 Å². The number of nitrogens with one attached hydrogen (secondary N) is 2. The van der Waals surface area contributed by atoms with E-state index in [4.69, 9.17) is 4.74 Å². The number of hydrogen-bond donors (Lipinski definition) is 2. The molecule has 0 fully saturated rings. The molecule has 2 bridgehead atoms. The molecule has 0 aromatic carbocycles. The number of halogens is 1. The molecular formula is C17H19FN6O2. The third kappa shape index (κ3) is 3.00. The summed E-state index contributed by atoms with van der Waals surface area (Å²) in [5.74, 6) is 0.462. The molecule has 1 amide bonds. The molecule has 1 unspecified atom stereocenters. The highest BCUT2D eigenvalue weighted by Gasteiger charge is 2.30. The van der Waals surface area contributed by atoms with Crippen LogP contribution in [-0.2, 0) is 4.74 Å². The molecule has 0 saturated heterocycles. The largest absolute Gasteiger partial charge is 0.478 e. The lowest BCUT2D eigenvalue weighted by atomic mass is 9.95. The highest BCUT2D eigenvalue weighted by Crippen LogP contribution is 2.26. The van der Waals surface area contributed by atoms with Crippen molar-refractivity contribution in [3.63, 3.8) is 0 Å². The zero-order chi connectivity index (χ0) is 18.3. The molecule has 2 aliphatic heterocycles. The average molecular weight is 358 g/mol. The van der Waals surface area contributed by atoms with Crippen LogP contribution in [0.4, 0.5) is 15.0 Å². The summed E-state index contributed by atoms with van der Waals surface area (Å²) >= 11 is 0. The van der Waals surface area contributed by atoms with Gasteiger partial charge in [0.15, 0.2) is 11.5 Å². The van der Waals surface area contributed by atoms with Gasteiger partial charge >= 0.3 is 6.03 Å². The van der Waals surface area contributed by atoms with E-state index in [9.17, 15) is 9.18 Å². The molecule has 2 aromatic rings. The Morgan fingerprint density at radius 1 is 1.31 bits per heavy atom. The van der Waals surface area contributed by atoms with Crippen molar-refractivity contribution in [2.45, 2.75) is 32.4 Å². The van der Waals surface area contributed by atoms with Crippen molar-refractivity contribution in [3.05, 3.63) is 30.5 Å². The molecule has 2 N–H and O–H groups in total. The zero-order valence-electron chi connectivity index (χ0n) is 14.4. The van der Waals surface area contributed by atoms with E-state index >= 15 is 0 Å². The molecule has 9 heteroatoms. The number of carbonyl (C=O) groups excluding carboxylic acids is 1. The van der Waals surface area contributed by atoms with Crippen molar-refractivity contribution in [2.24, 2.45) is 10.9 Å². The van der Waals surface area contributed by atoms with E-state index in [-0.39, 0.29) is 42.9 Å². The number of imidazole rings is 1. The Labute approximate surface area is 149 Å². The van der Waals surface area contributed by atoms with Crippen LogP contribution in [0.5, 0.6) is 0 Å². The number of carbonyl (C=O) groups is 1. The second kappa shape index (κ2) is 6.40. The zero-order valence-corrected chi connectivity index (χ0v) is 14.4. The molecule has 0 radical (unpaired) electrons. The predicted octanol–water partition coefficient (Wildman–Crippen LogP) is 2.44. The van der Waals surface area contributed by atoms with Crippen LogP contribution in [0.15, 0.2) is 35.5 Å². The lowest BCUT2D eigenvalue weighted by molar-refractivity contribution is 0.218. The van der Waals surface area contributed by atoms with Gasteiger partial charge in [-0.15, -0.1) is 0 Å². The molecule has 4 rings (SSSR count). The van der Waals surface area contributed by atoms with Gasteiger partial charge < -0.3 is 15.4 Å². The summed E-state index contributed by atoms with van der Waals surface area (Å²) in [6.07, 6.45) is 2.83. The molecule has 0 spiro atoms. The fourth-order valence-electron chi connectivity index (χ4n) is 3.10. The number of pyridine rings is 1. The van der Waals surface area contributed by atoms with Crippen LogP contribution >= 0.6 is 0 Å². The number of aliphatic imine (C=N–C) groups is 1. The van der Waals surface area contributed by atoms with Gasteiger partial charge in [0.05, 0.1) is 18.2 Å². The van der Waals surface area contributed by atoms with Gasteiger partial charge in [-0.05, 0) is 26.0 Å². The molecule has 2 aliphatic rings. The highest BCUT2D eigenvalue weighted by atomic mass is 19.1. The number of anilines is 1. The third-order valence-electron chi connectivity index (χ3n) is 4.51. The average Bonchev–Trinajstić information content (AvgIpc) is 3.03. The van der Waals surface area contributed by atoms with E-state index < -0.39 is 0 Å². The minimum Gasteiger partial charge on any atom is -0.478 e. The Hall–Kier alpha value is -2.97. The lowest BCUT2D eigenvalue weighted by Gasteiger charge is -2.28. The van der Waals surface area contributed by atoms with E-state index in [0.29, 0.717) is 22.9 Å². The van der Waals surface area contributed by atoms with Gasteiger partial charge in [0.2, 0.25) is 0 Å². The van der Waals surface area contributed by atoms with Crippen LogP contribution in [0.2, 0.25) is 0 Å². The molecular weight excluding hydrogens is 339 g/mol. The van der Waals surface area contributed by atoms with E-state index in [2.05, 4.69) is 25.6 Å². The van der Waals surface area contributed by atoms with Crippen molar-refractivity contribution >= 4 is 28.9 Å². The summed E-state index contributed by atoms with van der Waals surface area (Å²) in [7, 11) is 0. The summed E-state index contributed by atoms with van der Waals surface area (Å²) in [4.78, 5) is 25.3. The lowest BCUT2D eigenvalue weighted by Crippen LogP contribution is -2.40. The summed E-state index contributed by atoms with van der Waals surface area (Å²) in [6.45, 7) is 3.98. The molecule has 0 saturated carbocycles. The summed E-state index contributed by atoms with van der Waals surface area (Å²) in [5.41, 5.74) is 1.07. The standard InChI is InChI=1S/C17H19FN6O2/c1-9-7-26-16-12(5-11(18)6-19-16)10(2)22-14-4-3-13-15(23-14)24(8-20-13)17(25)21-9/h3-4,6,8-10,12H,5,7H2,1-2H3,(H,21,25)(H,22,23)/t9-,10-,12?/m0/s1. The van der Waals surface area contributed by atoms with Crippen molar-refractivity contribution in [2.75, 3.05) is 11.9 Å². The van der Waals surface area contributed by atoms with Crippen LogP contribution in [-0.4, -0.2) is 45.2 Å². The first-order valence-electron chi connectivity index (χ1n) is 8.48. The number of nitrogens with zero attached hydrogens (tertiary/aromatic N) is 4. The molecule has 26 heavy (non-hydrogen) atoms. The first-order valence-corrected chi connectivity index (χ1v) is 8.48. The maximum Gasteiger partial charge on any atom is 0.328 e. The van der Waals surface area contributed by atoms with Gasteiger partial charge in [-0.3, -0.25) is 0 Å². The maximum absolute atomic E-state index is 13.8. The van der Waals surface area contributed by atoms with Gasteiger partial charge in [0.25, 0.3) is 0 Å². The number of rotatable bonds is 0. The van der Waals surface area contributed by atoms with Crippen LogP contribution in [0.3, 0.4) is 0 Å². The second-order valence-electron chi connectivity index (χ2n) is 6.60. The normalized spacial score (nSPS) is 26.3. The van der Waals surface area contributed by atoms with Crippen LogP contribution in [0.1, 0.15) is 20.3 Å². The van der Waals surface area contributed by atoms with Crippen molar-refractivity contribution in [1.29, 1.82) is 0 Å². The van der Waals surface area contributed by atoms with E-state index in [1.165, 1.54) is 17.1 Å². The first-order chi connectivity index (χ1) is 12.5. The monoisotopic (exact) mass is 358 g/mol. The number of amides is 1. The van der Waals surface area contributed by atoms with E-state index in [1.807, 2.05) is 13.8 Å². The highest BCUT2D eigenvalue weighted by molar-refractivity contribution is 5.88. The summed E-state index contributed by atoms with van der Waals surface area (Å²) in [6, 6.07) is 2.79. The molecule has 2 aromatic heterocycles. The Bertz CT molecular complexity index is 921.